The Labute approximate surface area is 211 Å². The minimum Gasteiger partial charge on any atom is -0.481 e. The summed E-state index contributed by atoms with van der Waals surface area (Å²) in [5.74, 6) is -1.42. The molecule has 0 aliphatic heterocycles. The van der Waals surface area contributed by atoms with E-state index in [1.165, 1.54) is 62.5 Å². The van der Waals surface area contributed by atoms with E-state index in [1.54, 1.807) is 0 Å². The molecule has 0 spiro atoms. The van der Waals surface area contributed by atoms with Crippen LogP contribution in [0.3, 0.4) is 0 Å². The second kappa shape index (κ2) is 16.9. The van der Waals surface area contributed by atoms with Crippen LogP contribution in [0.25, 0.3) is 0 Å². The lowest BCUT2D eigenvalue weighted by atomic mass is 9.68. The molecule has 0 amide bonds. The fraction of sp³-hybridized carbons (Fsp3) is 0.548. The largest absolute Gasteiger partial charge is 0.481 e. The Morgan fingerprint density at radius 3 is 1.26 bits per heavy atom. The smallest absolute Gasteiger partial charge is 0.303 e. The number of carboxylic acids is 2. The van der Waals surface area contributed by atoms with E-state index >= 15 is 0 Å². The van der Waals surface area contributed by atoms with Crippen LogP contribution >= 0.6 is 0 Å². The summed E-state index contributed by atoms with van der Waals surface area (Å²) in [6.07, 6.45) is 16.1. The van der Waals surface area contributed by atoms with Crippen LogP contribution in [0, 0.1) is 0 Å². The highest BCUT2D eigenvalue weighted by Crippen LogP contribution is 2.41. The predicted octanol–water partition coefficient (Wildman–Crippen LogP) is 8.38. The van der Waals surface area contributed by atoms with Crippen LogP contribution in [0.15, 0.2) is 60.7 Å². The van der Waals surface area contributed by atoms with Crippen molar-refractivity contribution in [1.29, 1.82) is 0 Å². The highest BCUT2D eigenvalue weighted by atomic mass is 16.4. The molecule has 0 fully saturated rings. The zero-order chi connectivity index (χ0) is 25.2. The minimum atomic E-state index is -0.735. The number of carbonyl (C=O) groups is 2. The molecule has 0 saturated carbocycles. The SMILES string of the molecule is O=C(O)CCCCCCCCCCCCCCC(CCC(=O)O)(c1ccccc1)c1ccccc1. The number of unbranched alkanes of at least 4 members (excludes halogenated alkanes) is 11. The van der Waals surface area contributed by atoms with Gasteiger partial charge in [-0.1, -0.05) is 131 Å². The Balaban J connectivity index is 1.74. The van der Waals surface area contributed by atoms with Gasteiger partial charge < -0.3 is 10.2 Å². The van der Waals surface area contributed by atoms with Gasteiger partial charge >= 0.3 is 11.9 Å². The first-order valence-electron chi connectivity index (χ1n) is 13.6. The molecule has 4 nitrogen and oxygen atoms in total. The fourth-order valence-electron chi connectivity index (χ4n) is 5.17. The highest BCUT2D eigenvalue weighted by Gasteiger charge is 2.34. The number of carboxylic acid groups (broad SMARTS) is 2. The van der Waals surface area contributed by atoms with Gasteiger partial charge in [-0.3, -0.25) is 9.59 Å². The lowest BCUT2D eigenvalue weighted by Gasteiger charge is -2.35. The Bertz CT molecular complexity index is 792. The summed E-state index contributed by atoms with van der Waals surface area (Å²) in [6.45, 7) is 0. The van der Waals surface area contributed by atoms with Gasteiger partial charge in [-0.25, -0.2) is 0 Å². The van der Waals surface area contributed by atoms with Crippen molar-refractivity contribution in [2.24, 2.45) is 0 Å². The van der Waals surface area contributed by atoms with E-state index in [4.69, 9.17) is 5.11 Å². The third kappa shape index (κ3) is 11.1. The van der Waals surface area contributed by atoms with Crippen molar-refractivity contribution in [3.63, 3.8) is 0 Å². The van der Waals surface area contributed by atoms with Gasteiger partial charge in [0, 0.05) is 18.3 Å². The molecule has 0 aliphatic carbocycles. The number of hydrogen-bond donors (Lipinski definition) is 2. The van der Waals surface area contributed by atoms with E-state index in [9.17, 15) is 14.7 Å². The molecule has 0 bridgehead atoms. The van der Waals surface area contributed by atoms with Gasteiger partial charge in [-0.05, 0) is 30.4 Å². The van der Waals surface area contributed by atoms with E-state index in [-0.39, 0.29) is 11.8 Å². The van der Waals surface area contributed by atoms with E-state index in [0.29, 0.717) is 12.8 Å². The fourth-order valence-corrected chi connectivity index (χ4v) is 5.17. The average molecular weight is 481 g/mol. The molecule has 0 saturated heterocycles. The van der Waals surface area contributed by atoms with Gasteiger partial charge in [0.05, 0.1) is 0 Å². The molecule has 2 N–H and O–H groups in total. The summed E-state index contributed by atoms with van der Waals surface area (Å²) in [5, 5.41) is 18.1. The second-order valence-electron chi connectivity index (χ2n) is 9.84. The Kier molecular flexibility index (Phi) is 13.8. The Morgan fingerprint density at radius 1 is 0.486 bits per heavy atom. The number of rotatable bonds is 20. The van der Waals surface area contributed by atoms with E-state index in [1.807, 2.05) is 12.1 Å². The van der Waals surface area contributed by atoms with Crippen LogP contribution in [0.5, 0.6) is 0 Å². The molecule has 2 aromatic carbocycles. The van der Waals surface area contributed by atoms with Gasteiger partial charge in [0.2, 0.25) is 0 Å². The maximum atomic E-state index is 11.5. The summed E-state index contributed by atoms with van der Waals surface area (Å²) in [7, 11) is 0. The second-order valence-corrected chi connectivity index (χ2v) is 9.84. The van der Waals surface area contributed by atoms with Crippen LogP contribution in [-0.2, 0) is 15.0 Å². The summed E-state index contributed by atoms with van der Waals surface area (Å²) in [5.41, 5.74) is 2.18. The molecule has 0 unspecified atom stereocenters. The molecule has 0 heterocycles. The number of benzene rings is 2. The van der Waals surface area contributed by atoms with Gasteiger partial charge in [-0.2, -0.15) is 0 Å². The summed E-state index contributed by atoms with van der Waals surface area (Å²) in [4.78, 5) is 22.0. The minimum absolute atomic E-state index is 0.170. The van der Waals surface area contributed by atoms with Crippen molar-refractivity contribution < 1.29 is 19.8 Å². The average Bonchev–Trinajstić information content (AvgIpc) is 2.87. The van der Waals surface area contributed by atoms with E-state index in [0.717, 1.165) is 32.1 Å². The molecule has 2 aromatic rings. The number of aliphatic carboxylic acids is 2. The molecule has 192 valence electrons. The van der Waals surface area contributed by atoms with Crippen molar-refractivity contribution in [3.8, 4) is 0 Å². The number of hydrogen-bond acceptors (Lipinski definition) is 2. The van der Waals surface area contributed by atoms with Gasteiger partial charge in [0.1, 0.15) is 0 Å². The maximum Gasteiger partial charge on any atom is 0.303 e. The third-order valence-corrected chi connectivity index (χ3v) is 7.16. The summed E-state index contributed by atoms with van der Waals surface area (Å²) >= 11 is 0. The summed E-state index contributed by atoms with van der Waals surface area (Å²) in [6, 6.07) is 20.9. The Morgan fingerprint density at radius 2 is 0.857 bits per heavy atom. The molecular weight excluding hydrogens is 436 g/mol. The first-order chi connectivity index (χ1) is 17.0. The molecule has 2 rings (SSSR count). The van der Waals surface area contributed by atoms with Crippen LogP contribution in [0.1, 0.15) is 114 Å². The first-order valence-corrected chi connectivity index (χ1v) is 13.6. The molecule has 35 heavy (non-hydrogen) atoms. The van der Waals surface area contributed by atoms with Crippen LogP contribution in [0.4, 0.5) is 0 Å². The standard InChI is InChI=1S/C31H44O4/c32-29(33)23-17-9-7-5-3-1-2-4-6-8-10-18-25-31(26-24-30(34)35,27-19-13-11-14-20-27)28-21-15-12-16-22-28/h11-16,19-22H,1-10,17-18,23-26H2,(H,32,33)(H,34,35). The van der Waals surface area contributed by atoms with Crippen LogP contribution in [0.2, 0.25) is 0 Å². The van der Waals surface area contributed by atoms with Crippen LogP contribution in [-0.4, -0.2) is 22.2 Å². The van der Waals surface area contributed by atoms with Crippen LogP contribution < -0.4 is 0 Å². The maximum absolute atomic E-state index is 11.5. The van der Waals surface area contributed by atoms with Crippen molar-refractivity contribution in [3.05, 3.63) is 71.8 Å². The molecule has 0 aromatic heterocycles. The zero-order valence-electron chi connectivity index (χ0n) is 21.3. The van der Waals surface area contributed by atoms with E-state index < -0.39 is 11.9 Å². The van der Waals surface area contributed by atoms with E-state index in [2.05, 4.69) is 48.5 Å². The normalized spacial score (nSPS) is 11.4. The van der Waals surface area contributed by atoms with Gasteiger partial charge in [-0.15, -0.1) is 0 Å². The predicted molar refractivity (Wildman–Crippen MR) is 143 cm³/mol. The topological polar surface area (TPSA) is 74.6 Å². The molecule has 0 aliphatic rings. The summed E-state index contributed by atoms with van der Waals surface area (Å²) < 4.78 is 0. The lowest BCUT2D eigenvalue weighted by molar-refractivity contribution is -0.138. The monoisotopic (exact) mass is 480 g/mol. The zero-order valence-corrected chi connectivity index (χ0v) is 21.3. The Hall–Kier alpha value is -2.62. The quantitative estimate of drug-likeness (QED) is 0.187. The first kappa shape index (κ1) is 28.6. The van der Waals surface area contributed by atoms with Crippen molar-refractivity contribution >= 4 is 11.9 Å². The van der Waals surface area contributed by atoms with Crippen molar-refractivity contribution in [2.45, 2.75) is 108 Å². The van der Waals surface area contributed by atoms with Gasteiger partial charge in [0.25, 0.3) is 0 Å². The third-order valence-electron chi connectivity index (χ3n) is 7.16. The molecule has 4 heteroatoms. The van der Waals surface area contributed by atoms with Gasteiger partial charge in [0.15, 0.2) is 0 Å². The molecule has 0 atom stereocenters. The lowest BCUT2D eigenvalue weighted by Crippen LogP contribution is -2.29. The van der Waals surface area contributed by atoms with Crippen molar-refractivity contribution in [1.82, 2.24) is 0 Å². The molecular formula is C31H44O4. The highest BCUT2D eigenvalue weighted by molar-refractivity contribution is 5.67. The molecule has 0 radical (unpaired) electrons. The van der Waals surface area contributed by atoms with Crippen molar-refractivity contribution in [2.75, 3.05) is 0 Å².